The highest BCUT2D eigenvalue weighted by molar-refractivity contribution is 5.86. The summed E-state index contributed by atoms with van der Waals surface area (Å²) in [6, 6.07) is 6.77. The van der Waals surface area contributed by atoms with Crippen LogP contribution in [0.5, 0.6) is 0 Å². The topological polar surface area (TPSA) is 38.1 Å². The number of aromatic nitrogens is 2. The molecule has 1 aromatic carbocycles. The van der Waals surface area contributed by atoms with Crippen molar-refractivity contribution >= 4 is 16.9 Å². The number of halogens is 4. The minimum atomic E-state index is -4.43. The summed E-state index contributed by atoms with van der Waals surface area (Å²) in [5.74, 6) is -0.199. The molecule has 1 aliphatic heterocycles. The quantitative estimate of drug-likeness (QED) is 0.628. The summed E-state index contributed by atoms with van der Waals surface area (Å²) in [5, 5.41) is 0. The average Bonchev–Trinajstić information content (AvgIpc) is 2.93. The lowest BCUT2D eigenvalue weighted by Gasteiger charge is -2.34. The second-order valence-electron chi connectivity index (χ2n) is 7.01. The normalized spacial score (nSPS) is 15.1. The van der Waals surface area contributed by atoms with Gasteiger partial charge in [0.25, 0.3) is 0 Å². The fourth-order valence-corrected chi connectivity index (χ4v) is 3.38. The zero-order valence-corrected chi connectivity index (χ0v) is 15.0. The summed E-state index contributed by atoms with van der Waals surface area (Å²) in [6.07, 6.45) is -2.10. The molecular formula is C20H17F4N3O. The fraction of sp³-hybridized carbons (Fsp3) is 0.300. The Balaban J connectivity index is 1.69. The molecular weight excluding hydrogens is 374 g/mol. The number of carbonyl (C=O) groups excluding carboxylic acids is 1. The Morgan fingerprint density at radius 1 is 1.21 bits per heavy atom. The third kappa shape index (κ3) is 3.34. The van der Waals surface area contributed by atoms with E-state index >= 15 is 0 Å². The highest BCUT2D eigenvalue weighted by atomic mass is 19.4. The molecule has 28 heavy (non-hydrogen) atoms. The van der Waals surface area contributed by atoms with Gasteiger partial charge in [-0.2, -0.15) is 13.2 Å². The van der Waals surface area contributed by atoms with Crippen LogP contribution in [0.1, 0.15) is 11.1 Å². The van der Waals surface area contributed by atoms with Crippen molar-refractivity contribution in [2.24, 2.45) is 0 Å². The molecule has 0 radical (unpaired) electrons. The van der Waals surface area contributed by atoms with E-state index in [1.807, 2.05) is 6.92 Å². The van der Waals surface area contributed by atoms with Crippen molar-refractivity contribution in [2.45, 2.75) is 25.8 Å². The molecule has 2 aromatic heterocycles. The largest absolute Gasteiger partial charge is 0.416 e. The van der Waals surface area contributed by atoms with E-state index in [4.69, 9.17) is 0 Å². The number of rotatable bonds is 3. The third-order valence-corrected chi connectivity index (χ3v) is 4.92. The van der Waals surface area contributed by atoms with Crippen molar-refractivity contribution in [2.75, 3.05) is 13.1 Å². The fourth-order valence-electron chi connectivity index (χ4n) is 3.38. The van der Waals surface area contributed by atoms with Crippen molar-refractivity contribution in [3.8, 4) is 11.1 Å². The zero-order chi connectivity index (χ0) is 20.1. The lowest BCUT2D eigenvalue weighted by Crippen LogP contribution is -2.52. The molecule has 4 nitrogen and oxygen atoms in total. The number of nitrogens with zero attached hydrogens (tertiary/aromatic N) is 3. The number of benzene rings is 1. The molecule has 1 saturated heterocycles. The van der Waals surface area contributed by atoms with Crippen LogP contribution < -0.4 is 0 Å². The number of carbonyl (C=O) groups is 1. The van der Waals surface area contributed by atoms with E-state index in [2.05, 4.69) is 4.98 Å². The van der Waals surface area contributed by atoms with Gasteiger partial charge in [-0.1, -0.05) is 12.1 Å². The van der Waals surface area contributed by atoms with Gasteiger partial charge in [0.05, 0.1) is 29.7 Å². The van der Waals surface area contributed by atoms with E-state index in [1.54, 1.807) is 22.9 Å². The molecule has 0 bridgehead atoms. The Morgan fingerprint density at radius 3 is 2.64 bits per heavy atom. The van der Waals surface area contributed by atoms with Gasteiger partial charge in [0.1, 0.15) is 12.7 Å². The lowest BCUT2D eigenvalue weighted by molar-refractivity contribution is -0.139. The molecule has 1 fully saturated rings. The zero-order valence-electron chi connectivity index (χ0n) is 15.0. The average molecular weight is 391 g/mol. The molecule has 3 aromatic rings. The Morgan fingerprint density at radius 2 is 1.96 bits per heavy atom. The number of alkyl halides is 4. The van der Waals surface area contributed by atoms with Gasteiger partial charge in [0.2, 0.25) is 5.91 Å². The third-order valence-electron chi connectivity index (χ3n) is 4.92. The van der Waals surface area contributed by atoms with Gasteiger partial charge in [-0.3, -0.25) is 9.78 Å². The maximum atomic E-state index is 13.0. The molecule has 0 N–H and O–H groups in total. The molecule has 3 heterocycles. The summed E-state index contributed by atoms with van der Waals surface area (Å²) >= 11 is 0. The van der Waals surface area contributed by atoms with Crippen LogP contribution in [0.3, 0.4) is 0 Å². The van der Waals surface area contributed by atoms with Gasteiger partial charge in [-0.15, -0.1) is 0 Å². The first-order valence-corrected chi connectivity index (χ1v) is 8.77. The molecule has 0 atom stereocenters. The van der Waals surface area contributed by atoms with Gasteiger partial charge in [-0.25, -0.2) is 4.39 Å². The van der Waals surface area contributed by atoms with E-state index in [0.717, 1.165) is 17.7 Å². The Labute approximate surface area is 158 Å². The van der Waals surface area contributed by atoms with Crippen molar-refractivity contribution in [3.05, 3.63) is 53.9 Å². The highest BCUT2D eigenvalue weighted by Crippen LogP contribution is 2.33. The number of hydrogen-bond acceptors (Lipinski definition) is 2. The lowest BCUT2D eigenvalue weighted by atomic mass is 10.0. The molecule has 0 unspecified atom stereocenters. The summed E-state index contributed by atoms with van der Waals surface area (Å²) < 4.78 is 53.7. The van der Waals surface area contributed by atoms with E-state index in [9.17, 15) is 22.4 Å². The predicted molar refractivity (Wildman–Crippen MR) is 96.4 cm³/mol. The first-order chi connectivity index (χ1) is 13.2. The van der Waals surface area contributed by atoms with Gasteiger partial charge < -0.3 is 9.47 Å². The van der Waals surface area contributed by atoms with Gasteiger partial charge >= 0.3 is 6.18 Å². The molecule has 8 heteroatoms. The SMILES string of the molecule is Cc1cn(CC(=O)N2CC(F)C2)c2cc(-c3cccc(C(F)(F)F)c3)cnc12. The second kappa shape index (κ2) is 6.61. The standard InChI is InChI=1S/C20H17F4N3O/c1-12-8-26(11-18(28)27-9-16(21)10-27)17-6-14(7-25-19(12)17)13-3-2-4-15(5-13)20(22,23)24/h2-8,16H,9-11H2,1H3. The maximum absolute atomic E-state index is 13.0. The molecule has 1 aliphatic rings. The Bertz CT molecular complexity index is 1050. The number of hydrogen-bond donors (Lipinski definition) is 0. The van der Waals surface area contributed by atoms with Gasteiger partial charge in [0, 0.05) is 18.0 Å². The maximum Gasteiger partial charge on any atom is 0.416 e. The first-order valence-electron chi connectivity index (χ1n) is 8.77. The smallest absolute Gasteiger partial charge is 0.336 e. The number of amides is 1. The number of likely N-dealkylation sites (tertiary alicyclic amines) is 1. The monoisotopic (exact) mass is 391 g/mol. The summed E-state index contributed by atoms with van der Waals surface area (Å²) in [5.41, 5.74) is 2.37. The molecule has 0 saturated carbocycles. The van der Waals surface area contributed by atoms with Crippen molar-refractivity contribution < 1.29 is 22.4 Å². The van der Waals surface area contributed by atoms with Crippen LogP contribution in [0.15, 0.2) is 42.7 Å². The van der Waals surface area contributed by atoms with Crippen molar-refractivity contribution in [3.63, 3.8) is 0 Å². The number of aryl methyl sites for hydroxylation is 1. The van der Waals surface area contributed by atoms with Gasteiger partial charge in [-0.05, 0) is 36.2 Å². The predicted octanol–water partition coefficient (Wildman–Crippen LogP) is 4.21. The Hall–Kier alpha value is -2.90. The van der Waals surface area contributed by atoms with Crippen LogP contribution in [0.2, 0.25) is 0 Å². The van der Waals surface area contributed by atoms with E-state index < -0.39 is 17.9 Å². The van der Waals surface area contributed by atoms with E-state index in [0.29, 0.717) is 22.2 Å². The van der Waals surface area contributed by atoms with Crippen LogP contribution in [0, 0.1) is 6.92 Å². The minimum absolute atomic E-state index is 0.0325. The van der Waals surface area contributed by atoms with Crippen LogP contribution in [-0.2, 0) is 17.5 Å². The first kappa shape index (κ1) is 18.5. The van der Waals surface area contributed by atoms with Crippen LogP contribution >= 0.6 is 0 Å². The van der Waals surface area contributed by atoms with Gasteiger partial charge in [0.15, 0.2) is 0 Å². The summed E-state index contributed by atoms with van der Waals surface area (Å²) in [4.78, 5) is 18.1. The molecule has 0 aliphatic carbocycles. The van der Waals surface area contributed by atoms with Crippen molar-refractivity contribution in [1.82, 2.24) is 14.5 Å². The molecule has 1 amide bonds. The van der Waals surface area contributed by atoms with E-state index in [-0.39, 0.29) is 25.5 Å². The number of pyridine rings is 1. The van der Waals surface area contributed by atoms with Crippen molar-refractivity contribution in [1.29, 1.82) is 0 Å². The molecule has 146 valence electrons. The second-order valence-corrected chi connectivity index (χ2v) is 7.01. The number of fused-ring (bicyclic) bond motifs is 1. The Kier molecular flexibility index (Phi) is 4.36. The summed E-state index contributed by atoms with van der Waals surface area (Å²) in [7, 11) is 0. The highest BCUT2D eigenvalue weighted by Gasteiger charge is 2.31. The van der Waals surface area contributed by atoms with Crippen LogP contribution in [0.4, 0.5) is 17.6 Å². The minimum Gasteiger partial charge on any atom is -0.336 e. The van der Waals surface area contributed by atoms with E-state index in [1.165, 1.54) is 17.2 Å². The van der Waals surface area contributed by atoms with Crippen LogP contribution in [-0.4, -0.2) is 39.6 Å². The molecule has 4 rings (SSSR count). The van der Waals surface area contributed by atoms with Crippen LogP contribution in [0.25, 0.3) is 22.2 Å². The molecule has 0 spiro atoms. The summed E-state index contributed by atoms with van der Waals surface area (Å²) in [6.45, 7) is 2.09.